The molecule has 0 aliphatic heterocycles. The van der Waals surface area contributed by atoms with Crippen LogP contribution in [0.5, 0.6) is 0 Å². The van der Waals surface area contributed by atoms with Crippen LogP contribution < -0.4 is 16.2 Å². The van der Waals surface area contributed by atoms with Crippen molar-refractivity contribution in [3.05, 3.63) is 76.6 Å². The lowest BCUT2D eigenvalue weighted by Crippen LogP contribution is -2.31. The van der Waals surface area contributed by atoms with Gasteiger partial charge >= 0.3 is 0 Å². The summed E-state index contributed by atoms with van der Waals surface area (Å²) in [6, 6.07) is 17.4. The molecule has 2 aromatic carbocycles. The molecular weight excluding hydrogens is 342 g/mol. The molecule has 27 heavy (non-hydrogen) atoms. The maximum atomic E-state index is 12.6. The van der Waals surface area contributed by atoms with Gasteiger partial charge in [0, 0.05) is 23.7 Å². The van der Waals surface area contributed by atoms with E-state index in [4.69, 9.17) is 0 Å². The van der Waals surface area contributed by atoms with Crippen LogP contribution in [0, 0.1) is 0 Å². The summed E-state index contributed by atoms with van der Waals surface area (Å²) in [4.78, 5) is 37.4. The second-order valence-electron chi connectivity index (χ2n) is 6.17. The van der Waals surface area contributed by atoms with Crippen molar-refractivity contribution in [1.29, 1.82) is 0 Å². The minimum absolute atomic E-state index is 0.134. The van der Waals surface area contributed by atoms with Gasteiger partial charge < -0.3 is 10.6 Å². The molecule has 0 bridgehead atoms. The van der Waals surface area contributed by atoms with Gasteiger partial charge in [0.2, 0.25) is 5.91 Å². The Morgan fingerprint density at radius 3 is 2.44 bits per heavy atom. The molecule has 3 rings (SSSR count). The van der Waals surface area contributed by atoms with Crippen molar-refractivity contribution < 1.29 is 9.59 Å². The topological polar surface area (TPSA) is 80.2 Å². The number of fused-ring (bicyclic) bond motifs is 1. The van der Waals surface area contributed by atoms with E-state index in [1.807, 2.05) is 25.1 Å². The molecule has 1 heterocycles. The van der Waals surface area contributed by atoms with Gasteiger partial charge in [-0.05, 0) is 24.6 Å². The summed E-state index contributed by atoms with van der Waals surface area (Å²) < 4.78 is 1.38. The molecule has 0 atom stereocenters. The molecule has 0 spiro atoms. The second kappa shape index (κ2) is 8.31. The van der Waals surface area contributed by atoms with E-state index in [1.54, 1.807) is 36.4 Å². The van der Waals surface area contributed by atoms with E-state index in [2.05, 4.69) is 10.6 Å². The van der Waals surface area contributed by atoms with E-state index < -0.39 is 5.56 Å². The summed E-state index contributed by atoms with van der Waals surface area (Å²) in [5.41, 5.74) is 1.15. The lowest BCUT2D eigenvalue weighted by atomic mass is 10.1. The van der Waals surface area contributed by atoms with Crippen LogP contribution in [0.25, 0.3) is 10.9 Å². The zero-order valence-corrected chi connectivity index (χ0v) is 15.1. The van der Waals surface area contributed by atoms with Crippen molar-refractivity contribution in [3.63, 3.8) is 0 Å². The number of aromatic nitrogens is 1. The molecule has 0 saturated heterocycles. The van der Waals surface area contributed by atoms with E-state index >= 15 is 0 Å². The monoisotopic (exact) mass is 363 g/mol. The molecule has 1 aromatic heterocycles. The summed E-state index contributed by atoms with van der Waals surface area (Å²) in [5, 5.41) is 6.20. The average Bonchev–Trinajstić information content (AvgIpc) is 2.68. The molecule has 6 nitrogen and oxygen atoms in total. The molecule has 0 fully saturated rings. The van der Waals surface area contributed by atoms with Gasteiger partial charge in [0.1, 0.15) is 6.54 Å². The molecule has 0 unspecified atom stereocenters. The number of para-hydroxylation sites is 2. The van der Waals surface area contributed by atoms with E-state index in [0.29, 0.717) is 28.7 Å². The van der Waals surface area contributed by atoms with Crippen molar-refractivity contribution in [1.82, 2.24) is 9.88 Å². The smallest absolute Gasteiger partial charge is 0.252 e. The first kappa shape index (κ1) is 18.4. The van der Waals surface area contributed by atoms with Crippen molar-refractivity contribution >= 4 is 28.4 Å². The van der Waals surface area contributed by atoms with Gasteiger partial charge in [0.25, 0.3) is 11.5 Å². The van der Waals surface area contributed by atoms with Crippen molar-refractivity contribution in [3.8, 4) is 0 Å². The van der Waals surface area contributed by atoms with Gasteiger partial charge in [0.15, 0.2) is 0 Å². The second-order valence-corrected chi connectivity index (χ2v) is 6.17. The van der Waals surface area contributed by atoms with Crippen LogP contribution in [0.1, 0.15) is 23.7 Å². The first-order chi connectivity index (χ1) is 13.1. The maximum absolute atomic E-state index is 12.6. The van der Waals surface area contributed by atoms with Crippen LogP contribution in [0.2, 0.25) is 0 Å². The number of rotatable bonds is 6. The van der Waals surface area contributed by atoms with Crippen molar-refractivity contribution in [2.75, 3.05) is 11.9 Å². The fourth-order valence-corrected chi connectivity index (χ4v) is 2.88. The number of pyridine rings is 1. The predicted octanol–water partition coefficient (Wildman–Crippen LogP) is 2.78. The molecule has 2 amide bonds. The van der Waals surface area contributed by atoms with Gasteiger partial charge in [-0.25, -0.2) is 0 Å². The van der Waals surface area contributed by atoms with Crippen LogP contribution in [0.3, 0.4) is 0 Å². The van der Waals surface area contributed by atoms with Crippen LogP contribution >= 0.6 is 0 Å². The number of nitrogens with zero attached hydrogens (tertiary/aromatic N) is 1. The molecule has 0 radical (unpaired) electrons. The normalized spacial score (nSPS) is 10.6. The zero-order chi connectivity index (χ0) is 19.2. The molecule has 3 aromatic rings. The Morgan fingerprint density at radius 1 is 1.00 bits per heavy atom. The summed E-state index contributed by atoms with van der Waals surface area (Å²) in [6.07, 6.45) is 0.806. The van der Waals surface area contributed by atoms with Gasteiger partial charge in [-0.15, -0.1) is 0 Å². The largest absolute Gasteiger partial charge is 0.352 e. The first-order valence-corrected chi connectivity index (χ1v) is 8.86. The average molecular weight is 363 g/mol. The van der Waals surface area contributed by atoms with E-state index in [9.17, 15) is 14.4 Å². The summed E-state index contributed by atoms with van der Waals surface area (Å²) in [5.74, 6) is -0.595. The standard InChI is InChI=1S/C21H21N3O3/c1-2-12-22-21(27)17-13-20(26)24(18-11-7-6-10-16(17)18)14-19(25)23-15-8-4-3-5-9-15/h3-11,13H,2,12,14H2,1H3,(H,22,27)(H,23,25). The number of hydrogen-bond donors (Lipinski definition) is 2. The van der Waals surface area contributed by atoms with Crippen LogP contribution in [0.4, 0.5) is 5.69 Å². The quantitative estimate of drug-likeness (QED) is 0.707. The molecule has 2 N–H and O–H groups in total. The highest BCUT2D eigenvalue weighted by atomic mass is 16.2. The molecule has 0 aliphatic rings. The highest BCUT2D eigenvalue weighted by Crippen LogP contribution is 2.17. The fraction of sp³-hybridized carbons (Fsp3) is 0.190. The Balaban J connectivity index is 1.94. The number of amides is 2. The minimum atomic E-state index is -0.390. The van der Waals surface area contributed by atoms with E-state index in [1.165, 1.54) is 10.6 Å². The van der Waals surface area contributed by atoms with Gasteiger partial charge in [-0.3, -0.25) is 19.0 Å². The summed E-state index contributed by atoms with van der Waals surface area (Å²) in [6.45, 7) is 2.36. The summed E-state index contributed by atoms with van der Waals surface area (Å²) >= 11 is 0. The van der Waals surface area contributed by atoms with Gasteiger partial charge in [0.05, 0.1) is 11.1 Å². The maximum Gasteiger partial charge on any atom is 0.252 e. The number of carbonyl (C=O) groups is 2. The number of benzene rings is 2. The Morgan fingerprint density at radius 2 is 1.70 bits per heavy atom. The molecule has 6 heteroatoms. The Hall–Kier alpha value is -3.41. The van der Waals surface area contributed by atoms with Crippen LogP contribution in [-0.2, 0) is 11.3 Å². The van der Waals surface area contributed by atoms with Crippen LogP contribution in [0.15, 0.2) is 65.5 Å². The third kappa shape index (κ3) is 4.23. The molecular formula is C21H21N3O3. The third-order valence-corrected chi connectivity index (χ3v) is 4.16. The lowest BCUT2D eigenvalue weighted by Gasteiger charge is -2.13. The Kier molecular flexibility index (Phi) is 5.66. The lowest BCUT2D eigenvalue weighted by molar-refractivity contribution is -0.116. The predicted molar refractivity (Wildman–Crippen MR) is 106 cm³/mol. The molecule has 0 aliphatic carbocycles. The van der Waals surface area contributed by atoms with Crippen molar-refractivity contribution in [2.24, 2.45) is 0 Å². The molecule has 0 saturated carbocycles. The van der Waals surface area contributed by atoms with Gasteiger partial charge in [-0.2, -0.15) is 0 Å². The van der Waals surface area contributed by atoms with Crippen LogP contribution in [-0.4, -0.2) is 22.9 Å². The number of anilines is 1. The number of hydrogen-bond acceptors (Lipinski definition) is 3. The fourth-order valence-electron chi connectivity index (χ4n) is 2.88. The minimum Gasteiger partial charge on any atom is -0.352 e. The SMILES string of the molecule is CCCNC(=O)c1cc(=O)n(CC(=O)Nc2ccccc2)c2ccccc12. The molecule has 138 valence electrons. The number of nitrogens with one attached hydrogen (secondary N) is 2. The highest BCUT2D eigenvalue weighted by molar-refractivity contribution is 6.06. The van der Waals surface area contributed by atoms with Gasteiger partial charge in [-0.1, -0.05) is 43.3 Å². The zero-order valence-electron chi connectivity index (χ0n) is 15.1. The van der Waals surface area contributed by atoms with Crippen molar-refractivity contribution in [2.45, 2.75) is 19.9 Å². The summed E-state index contributed by atoms with van der Waals surface area (Å²) in [7, 11) is 0. The van der Waals surface area contributed by atoms with E-state index in [0.717, 1.165) is 6.42 Å². The first-order valence-electron chi connectivity index (χ1n) is 8.86. The number of carbonyl (C=O) groups excluding carboxylic acids is 2. The Labute approximate surface area is 156 Å². The Bertz CT molecular complexity index is 1030. The van der Waals surface area contributed by atoms with E-state index in [-0.39, 0.29) is 18.4 Å². The highest BCUT2D eigenvalue weighted by Gasteiger charge is 2.15. The third-order valence-electron chi connectivity index (χ3n) is 4.16.